The average Bonchev–Trinajstić information content (AvgIpc) is 1.85. The van der Waals surface area contributed by atoms with Crippen molar-refractivity contribution in [1.29, 1.82) is 0 Å². The smallest absolute Gasteiger partial charge is 0.306 e. The lowest BCUT2D eigenvalue weighted by Gasteiger charge is -2.04. The second kappa shape index (κ2) is 3.63. The van der Waals surface area contributed by atoms with Gasteiger partial charge in [0.25, 0.3) is 0 Å². The SMILES string of the molecule is NNS(=O)(=O)NNC(N)=S. The molecule has 0 radical (unpaired) electrons. The molecule has 7 nitrogen and oxygen atoms in total. The highest BCUT2D eigenvalue weighted by atomic mass is 32.2. The first-order chi connectivity index (χ1) is 4.48. The second-order valence-corrected chi connectivity index (χ2v) is 3.10. The predicted octanol–water partition coefficient (Wildman–Crippen LogP) is -2.97. The maximum atomic E-state index is 10.4. The first kappa shape index (κ1) is 9.52. The number of nitrogens with one attached hydrogen (secondary N) is 3. The van der Waals surface area contributed by atoms with E-state index >= 15 is 0 Å². The summed E-state index contributed by atoms with van der Waals surface area (Å²) in [5.41, 5.74) is 6.84. The number of hydrogen-bond acceptors (Lipinski definition) is 4. The van der Waals surface area contributed by atoms with Crippen LogP contribution in [0.15, 0.2) is 0 Å². The summed E-state index contributed by atoms with van der Waals surface area (Å²) in [5.74, 6) is 4.57. The Morgan fingerprint density at radius 2 is 2.00 bits per heavy atom. The number of thiocarbonyl (C=S) groups is 1. The van der Waals surface area contributed by atoms with E-state index in [0.29, 0.717) is 0 Å². The van der Waals surface area contributed by atoms with E-state index in [1.165, 1.54) is 4.83 Å². The fraction of sp³-hybridized carbons (Fsp3) is 0. The third-order valence-electron chi connectivity index (χ3n) is 0.464. The molecular weight excluding hydrogens is 178 g/mol. The van der Waals surface area contributed by atoms with Gasteiger partial charge in [0.1, 0.15) is 0 Å². The van der Waals surface area contributed by atoms with Gasteiger partial charge >= 0.3 is 10.2 Å². The maximum absolute atomic E-state index is 10.4. The van der Waals surface area contributed by atoms with Crippen molar-refractivity contribution in [2.75, 3.05) is 0 Å². The molecule has 0 saturated heterocycles. The summed E-state index contributed by atoms with van der Waals surface area (Å²) < 4.78 is 20.8. The molecular formula is CH7N5O2S2. The van der Waals surface area contributed by atoms with Crippen LogP contribution in [0.4, 0.5) is 0 Å². The summed E-state index contributed by atoms with van der Waals surface area (Å²) >= 11 is 4.28. The van der Waals surface area contributed by atoms with Gasteiger partial charge in [-0.3, -0.25) is 11.3 Å². The maximum Gasteiger partial charge on any atom is 0.306 e. The monoisotopic (exact) mass is 185 g/mol. The van der Waals surface area contributed by atoms with Crippen LogP contribution in [0, 0.1) is 0 Å². The lowest BCUT2D eigenvalue weighted by molar-refractivity contribution is 0.565. The molecule has 0 rings (SSSR count). The zero-order chi connectivity index (χ0) is 8.20. The van der Waals surface area contributed by atoms with Gasteiger partial charge in [0, 0.05) is 0 Å². The van der Waals surface area contributed by atoms with E-state index in [-0.39, 0.29) is 5.11 Å². The normalized spacial score (nSPS) is 10.9. The summed E-state index contributed by atoms with van der Waals surface area (Å²) in [7, 11) is -3.72. The molecule has 0 unspecified atom stereocenters. The molecule has 0 aliphatic rings. The van der Waals surface area contributed by atoms with Crippen molar-refractivity contribution in [3.05, 3.63) is 0 Å². The lowest BCUT2D eigenvalue weighted by atomic mass is 11.2. The number of hydrazine groups is 2. The summed E-state index contributed by atoms with van der Waals surface area (Å²) in [4.78, 5) is 3.21. The lowest BCUT2D eigenvalue weighted by Crippen LogP contribution is -2.50. The molecule has 7 N–H and O–H groups in total. The van der Waals surface area contributed by atoms with Gasteiger partial charge < -0.3 is 5.73 Å². The molecule has 0 saturated carbocycles. The zero-order valence-corrected chi connectivity index (χ0v) is 6.42. The number of hydrogen-bond donors (Lipinski definition) is 5. The first-order valence-corrected chi connectivity index (χ1v) is 3.91. The van der Waals surface area contributed by atoms with Crippen molar-refractivity contribution in [3.8, 4) is 0 Å². The van der Waals surface area contributed by atoms with E-state index in [2.05, 4.69) is 18.1 Å². The van der Waals surface area contributed by atoms with E-state index in [1.54, 1.807) is 4.83 Å². The summed E-state index contributed by atoms with van der Waals surface area (Å²) in [5, 5.41) is -0.196. The highest BCUT2D eigenvalue weighted by molar-refractivity contribution is 7.87. The Kier molecular flexibility index (Phi) is 3.46. The molecule has 0 aliphatic carbocycles. The predicted molar refractivity (Wildman–Crippen MR) is 39.3 cm³/mol. The van der Waals surface area contributed by atoms with Gasteiger partial charge in [-0.1, -0.05) is 0 Å². The van der Waals surface area contributed by atoms with E-state index in [1.807, 2.05) is 5.43 Å². The molecule has 0 atom stereocenters. The molecule has 0 aromatic heterocycles. The van der Waals surface area contributed by atoms with Crippen LogP contribution in [0.2, 0.25) is 0 Å². The molecule has 60 valence electrons. The van der Waals surface area contributed by atoms with Crippen LogP contribution in [0.3, 0.4) is 0 Å². The van der Waals surface area contributed by atoms with Crippen LogP contribution >= 0.6 is 12.2 Å². The van der Waals surface area contributed by atoms with E-state index < -0.39 is 10.2 Å². The fourth-order valence-electron chi connectivity index (χ4n) is 0.147. The van der Waals surface area contributed by atoms with Crippen LogP contribution in [0.25, 0.3) is 0 Å². The minimum absolute atomic E-state index is 0.196. The molecule has 0 aromatic rings. The van der Waals surface area contributed by atoms with Crippen LogP contribution in [-0.2, 0) is 10.2 Å². The van der Waals surface area contributed by atoms with Crippen molar-refractivity contribution in [1.82, 2.24) is 15.1 Å². The summed E-state index contributed by atoms with van der Waals surface area (Å²) in [6.07, 6.45) is 0. The van der Waals surface area contributed by atoms with E-state index in [0.717, 1.165) is 0 Å². The van der Waals surface area contributed by atoms with Crippen LogP contribution in [-0.4, -0.2) is 13.5 Å². The third kappa shape index (κ3) is 4.40. The van der Waals surface area contributed by atoms with Crippen LogP contribution in [0.1, 0.15) is 0 Å². The average molecular weight is 185 g/mol. The quantitative estimate of drug-likeness (QED) is 0.182. The van der Waals surface area contributed by atoms with Gasteiger partial charge in [-0.25, -0.2) is 0 Å². The minimum Gasteiger partial charge on any atom is -0.375 e. The molecule has 0 bridgehead atoms. The largest absolute Gasteiger partial charge is 0.375 e. The highest BCUT2D eigenvalue weighted by Crippen LogP contribution is 1.64. The second-order valence-electron chi connectivity index (χ2n) is 1.21. The topological polar surface area (TPSA) is 122 Å². The van der Waals surface area contributed by atoms with Crippen molar-refractivity contribution >= 4 is 27.5 Å². The Morgan fingerprint density at radius 3 is 2.30 bits per heavy atom. The molecule has 0 heterocycles. The molecule has 0 spiro atoms. The summed E-state index contributed by atoms with van der Waals surface area (Å²) in [6, 6.07) is 0. The van der Waals surface area contributed by atoms with Gasteiger partial charge in [0.15, 0.2) is 5.11 Å². The van der Waals surface area contributed by atoms with Crippen molar-refractivity contribution < 1.29 is 8.42 Å². The Hall–Kier alpha value is -0.480. The molecule has 0 aromatic carbocycles. The third-order valence-corrected chi connectivity index (χ3v) is 1.25. The van der Waals surface area contributed by atoms with Crippen molar-refractivity contribution in [2.45, 2.75) is 0 Å². The molecule has 9 heteroatoms. The van der Waals surface area contributed by atoms with Crippen molar-refractivity contribution in [3.63, 3.8) is 0 Å². The molecule has 0 aliphatic heterocycles. The van der Waals surface area contributed by atoms with E-state index in [4.69, 9.17) is 5.73 Å². The molecule has 0 fully saturated rings. The van der Waals surface area contributed by atoms with Gasteiger partial charge in [-0.2, -0.15) is 8.42 Å². The highest BCUT2D eigenvalue weighted by Gasteiger charge is 2.03. The first-order valence-electron chi connectivity index (χ1n) is 2.02. The van der Waals surface area contributed by atoms with Gasteiger partial charge in [0.05, 0.1) is 0 Å². The standard InChI is InChI=1S/CH7N5O2S2/c2-1(9)4-6-10(7,8)5-3/h5-6H,3H2,(H3,2,4,9). The van der Waals surface area contributed by atoms with Gasteiger partial charge in [0.2, 0.25) is 0 Å². The van der Waals surface area contributed by atoms with Gasteiger partial charge in [-0.05, 0) is 12.2 Å². The Labute approximate surface area is 63.3 Å². The number of rotatable bonds is 3. The Balaban J connectivity index is 3.81. The number of nitrogens with two attached hydrogens (primary N) is 2. The fourth-order valence-corrected chi connectivity index (χ4v) is 0.566. The van der Waals surface area contributed by atoms with Crippen molar-refractivity contribution in [2.24, 2.45) is 11.6 Å². The Morgan fingerprint density at radius 1 is 1.50 bits per heavy atom. The zero-order valence-electron chi connectivity index (χ0n) is 4.79. The van der Waals surface area contributed by atoms with E-state index in [9.17, 15) is 8.42 Å². The van der Waals surface area contributed by atoms with Crippen LogP contribution in [0.5, 0.6) is 0 Å². The van der Waals surface area contributed by atoms with Crippen LogP contribution < -0.4 is 26.7 Å². The summed E-state index contributed by atoms with van der Waals surface area (Å²) in [6.45, 7) is 0. The molecule has 10 heavy (non-hydrogen) atoms. The van der Waals surface area contributed by atoms with Gasteiger partial charge in [-0.15, -0.1) is 9.66 Å². The molecule has 0 amide bonds. The minimum atomic E-state index is -3.72. The Bertz CT molecular complexity index is 208.